The van der Waals surface area contributed by atoms with Crippen LogP contribution < -0.4 is 10.8 Å². The van der Waals surface area contributed by atoms with Crippen molar-refractivity contribution in [2.75, 3.05) is 6.61 Å². The van der Waals surface area contributed by atoms with E-state index in [1.54, 1.807) is 22.3 Å². The molecule has 0 spiro atoms. The van der Waals surface area contributed by atoms with Crippen LogP contribution >= 0.6 is 0 Å². The fourth-order valence-corrected chi connectivity index (χ4v) is 3.30. The second-order valence-corrected chi connectivity index (χ2v) is 7.46. The van der Waals surface area contributed by atoms with Gasteiger partial charge >= 0.3 is 0 Å². The van der Waals surface area contributed by atoms with Crippen LogP contribution in [0.1, 0.15) is 35.5 Å². The number of amides is 1. The Balaban J connectivity index is 2.01. The number of hydrogen-bond acceptors (Lipinski definition) is 5. The maximum atomic E-state index is 14.2. The molecular weight excluding hydrogens is 394 g/mol. The number of aliphatic hydroxyl groups is 1. The Bertz CT molecular complexity index is 1050. The highest BCUT2D eigenvalue weighted by atomic mass is 19.1. The largest absolute Gasteiger partial charge is 0.395 e. The maximum absolute atomic E-state index is 14.2. The van der Waals surface area contributed by atoms with Gasteiger partial charge in [-0.2, -0.15) is 0 Å². The third-order valence-corrected chi connectivity index (χ3v) is 5.10. The molecule has 1 amide bonds. The summed E-state index contributed by atoms with van der Waals surface area (Å²) in [6.07, 6.45) is 3.27. The van der Waals surface area contributed by atoms with Gasteiger partial charge in [-0.25, -0.2) is 19.2 Å². The summed E-state index contributed by atoms with van der Waals surface area (Å²) in [5.74, 6) is -1.85. The number of aromatic nitrogens is 2. The van der Waals surface area contributed by atoms with Gasteiger partial charge in [0.05, 0.1) is 24.9 Å². The zero-order chi connectivity index (χ0) is 21.8. The number of halogens is 2. The van der Waals surface area contributed by atoms with Crippen LogP contribution in [0.3, 0.4) is 0 Å². The van der Waals surface area contributed by atoms with Crippen LogP contribution in [-0.4, -0.2) is 38.4 Å². The molecule has 160 valence electrons. The fourth-order valence-electron chi connectivity index (χ4n) is 3.30. The average molecular weight is 418 g/mol. The van der Waals surface area contributed by atoms with Crippen LogP contribution in [0.5, 0.6) is 0 Å². The molecule has 0 bridgehead atoms. The van der Waals surface area contributed by atoms with Gasteiger partial charge in [-0.1, -0.05) is 19.9 Å². The highest BCUT2D eigenvalue weighted by molar-refractivity contribution is 5.96. The Morgan fingerprint density at radius 2 is 2.00 bits per heavy atom. The van der Waals surface area contributed by atoms with Crippen molar-refractivity contribution in [2.45, 2.75) is 33.0 Å². The number of rotatable bonds is 8. The SMILES string of the molecule is CC(C)C(CO)NCc1cn(Cc2ccc(F)cc2F)c2cnc(C(=O)NO)cc12. The first-order valence-corrected chi connectivity index (χ1v) is 9.54. The molecule has 2 aromatic heterocycles. The van der Waals surface area contributed by atoms with Gasteiger partial charge < -0.3 is 15.0 Å². The lowest BCUT2D eigenvalue weighted by molar-refractivity contribution is 0.0701. The zero-order valence-corrected chi connectivity index (χ0v) is 16.7. The van der Waals surface area contributed by atoms with Crippen molar-refractivity contribution in [1.29, 1.82) is 0 Å². The summed E-state index contributed by atoms with van der Waals surface area (Å²) in [6, 6.07) is 4.83. The molecule has 0 aliphatic heterocycles. The van der Waals surface area contributed by atoms with Crippen LogP contribution in [0, 0.1) is 17.6 Å². The number of nitrogens with zero attached hydrogens (tertiary/aromatic N) is 2. The smallest absolute Gasteiger partial charge is 0.293 e. The molecule has 3 aromatic rings. The Morgan fingerprint density at radius 3 is 2.63 bits per heavy atom. The van der Waals surface area contributed by atoms with Crippen molar-refractivity contribution in [2.24, 2.45) is 5.92 Å². The van der Waals surface area contributed by atoms with E-state index in [9.17, 15) is 18.7 Å². The molecule has 0 fully saturated rings. The summed E-state index contributed by atoms with van der Waals surface area (Å²) in [5.41, 5.74) is 3.35. The summed E-state index contributed by atoms with van der Waals surface area (Å²) in [5, 5.41) is 22.4. The molecule has 3 rings (SSSR count). The molecule has 7 nitrogen and oxygen atoms in total. The second kappa shape index (κ2) is 9.29. The first-order valence-electron chi connectivity index (χ1n) is 9.54. The van der Waals surface area contributed by atoms with E-state index in [0.29, 0.717) is 23.0 Å². The van der Waals surface area contributed by atoms with Gasteiger partial charge in [0, 0.05) is 35.8 Å². The quantitative estimate of drug-likeness (QED) is 0.333. The van der Waals surface area contributed by atoms with E-state index >= 15 is 0 Å². The lowest BCUT2D eigenvalue weighted by Crippen LogP contribution is -2.36. The molecule has 1 aromatic carbocycles. The Hall–Kier alpha value is -2.88. The number of carbonyl (C=O) groups excluding carboxylic acids is 1. The van der Waals surface area contributed by atoms with Crippen LogP contribution in [0.2, 0.25) is 0 Å². The highest BCUT2D eigenvalue weighted by Gasteiger charge is 2.17. The molecule has 0 saturated carbocycles. The molecule has 1 unspecified atom stereocenters. The first kappa shape index (κ1) is 21.8. The summed E-state index contributed by atoms with van der Waals surface area (Å²) >= 11 is 0. The molecule has 0 saturated heterocycles. The fraction of sp³-hybridized carbons (Fsp3) is 0.333. The minimum absolute atomic E-state index is 0.0273. The van der Waals surface area contributed by atoms with Gasteiger partial charge in [0.2, 0.25) is 0 Å². The zero-order valence-electron chi connectivity index (χ0n) is 16.7. The van der Waals surface area contributed by atoms with E-state index in [4.69, 9.17) is 5.21 Å². The van der Waals surface area contributed by atoms with E-state index in [1.165, 1.54) is 18.3 Å². The first-order chi connectivity index (χ1) is 14.3. The predicted molar refractivity (Wildman–Crippen MR) is 107 cm³/mol. The number of aliphatic hydroxyl groups excluding tert-OH is 1. The molecule has 4 N–H and O–H groups in total. The van der Waals surface area contributed by atoms with Gasteiger partial charge in [0.1, 0.15) is 17.3 Å². The van der Waals surface area contributed by atoms with Crippen molar-refractivity contribution in [3.8, 4) is 0 Å². The third kappa shape index (κ3) is 4.64. The molecule has 0 radical (unpaired) electrons. The molecule has 0 aliphatic carbocycles. The van der Waals surface area contributed by atoms with Crippen molar-refractivity contribution in [3.63, 3.8) is 0 Å². The lowest BCUT2D eigenvalue weighted by atomic mass is 10.0. The van der Waals surface area contributed by atoms with E-state index < -0.39 is 17.5 Å². The van der Waals surface area contributed by atoms with E-state index in [2.05, 4.69) is 10.3 Å². The predicted octanol–water partition coefficient (Wildman–Crippen LogP) is 2.59. The van der Waals surface area contributed by atoms with Crippen molar-refractivity contribution in [1.82, 2.24) is 20.3 Å². The monoisotopic (exact) mass is 418 g/mol. The number of hydrogen-bond donors (Lipinski definition) is 4. The van der Waals surface area contributed by atoms with E-state index in [1.807, 2.05) is 13.8 Å². The molecule has 2 heterocycles. The normalized spacial score (nSPS) is 12.5. The van der Waals surface area contributed by atoms with E-state index in [0.717, 1.165) is 11.6 Å². The molecule has 0 aliphatic rings. The topological polar surface area (TPSA) is 99.4 Å². The number of hydroxylamine groups is 1. The second-order valence-electron chi connectivity index (χ2n) is 7.46. The standard InChI is InChI=1S/C21H24F2N4O3/c1-12(2)19(11-28)24-7-14-10-27(9-13-3-4-15(22)5-17(13)23)20-8-25-18(6-16(14)20)21(29)26-30/h3-6,8,10,12,19,24,28,30H,7,9,11H2,1-2H3,(H,26,29). The highest BCUT2D eigenvalue weighted by Crippen LogP contribution is 2.24. The summed E-state index contributed by atoms with van der Waals surface area (Å²) < 4.78 is 29.1. The molecule has 1 atom stereocenters. The van der Waals surface area contributed by atoms with E-state index in [-0.39, 0.29) is 30.8 Å². The summed E-state index contributed by atoms with van der Waals surface area (Å²) in [4.78, 5) is 15.8. The molecular formula is C21H24F2N4O3. The summed E-state index contributed by atoms with van der Waals surface area (Å²) in [7, 11) is 0. The van der Waals surface area contributed by atoms with Gasteiger partial charge in [0.25, 0.3) is 5.91 Å². The van der Waals surface area contributed by atoms with Crippen molar-refractivity contribution >= 4 is 16.8 Å². The van der Waals surface area contributed by atoms with Crippen LogP contribution in [0.4, 0.5) is 8.78 Å². The van der Waals surface area contributed by atoms with Crippen LogP contribution in [0.25, 0.3) is 10.9 Å². The number of fused-ring (bicyclic) bond motifs is 1. The Morgan fingerprint density at radius 1 is 1.23 bits per heavy atom. The number of nitrogens with one attached hydrogen (secondary N) is 2. The average Bonchev–Trinajstić information content (AvgIpc) is 3.06. The van der Waals surface area contributed by atoms with Gasteiger partial charge in [0.15, 0.2) is 0 Å². The third-order valence-electron chi connectivity index (χ3n) is 5.10. The lowest BCUT2D eigenvalue weighted by Gasteiger charge is -2.19. The van der Waals surface area contributed by atoms with Gasteiger partial charge in [-0.05, 0) is 23.6 Å². The molecule has 30 heavy (non-hydrogen) atoms. The molecule has 9 heteroatoms. The van der Waals surface area contributed by atoms with Crippen molar-refractivity contribution < 1.29 is 23.9 Å². The summed E-state index contributed by atoms with van der Waals surface area (Å²) in [6.45, 7) is 4.48. The minimum atomic E-state index is -0.747. The number of carbonyl (C=O) groups is 1. The Kier molecular flexibility index (Phi) is 6.76. The van der Waals surface area contributed by atoms with Crippen molar-refractivity contribution in [3.05, 3.63) is 65.1 Å². The maximum Gasteiger partial charge on any atom is 0.293 e. The van der Waals surface area contributed by atoms with Crippen LogP contribution in [-0.2, 0) is 13.1 Å². The Labute approximate surface area is 172 Å². The van der Waals surface area contributed by atoms with Gasteiger partial charge in [-0.15, -0.1) is 0 Å². The van der Waals surface area contributed by atoms with Crippen LogP contribution in [0.15, 0.2) is 36.7 Å². The number of benzene rings is 1. The van der Waals surface area contributed by atoms with Gasteiger partial charge in [-0.3, -0.25) is 10.0 Å². The minimum Gasteiger partial charge on any atom is -0.395 e. The number of pyridine rings is 1.